The molecule has 3 N–H and O–H groups in total. The van der Waals surface area contributed by atoms with Crippen LogP contribution >= 0.6 is 0 Å². The summed E-state index contributed by atoms with van der Waals surface area (Å²) in [5.74, 6) is 2.52. The molecule has 0 atom stereocenters. The molecule has 0 saturated heterocycles. The van der Waals surface area contributed by atoms with Crippen molar-refractivity contribution < 1.29 is 19.1 Å². The number of nitrogens with one attached hydrogen (secondary N) is 3. The lowest BCUT2D eigenvalue weighted by Gasteiger charge is -2.56. The first kappa shape index (κ1) is 24.6. The standard InChI is InChI=1S/C27H39N3O4/c1-26(2,3)34-25(33)28-9-8-23(31)29-17-18-4-6-22(7-5-18)30-24(32)16-27-13-19-10-20(14-27)12-21(11-19)15-27/h4-7,19-21H,8-17H2,1-3H3,(H,28,33)(H,29,31)(H,30,32). The lowest BCUT2D eigenvalue weighted by atomic mass is 9.49. The van der Waals surface area contributed by atoms with Gasteiger partial charge < -0.3 is 20.7 Å². The second-order valence-corrected chi connectivity index (χ2v) is 11.8. The van der Waals surface area contributed by atoms with E-state index in [2.05, 4.69) is 16.0 Å². The molecule has 4 bridgehead atoms. The first-order valence-electron chi connectivity index (χ1n) is 12.7. The van der Waals surface area contributed by atoms with Gasteiger partial charge in [0.25, 0.3) is 0 Å². The van der Waals surface area contributed by atoms with Crippen LogP contribution in [-0.4, -0.2) is 30.1 Å². The van der Waals surface area contributed by atoms with Crippen molar-refractivity contribution in [3.8, 4) is 0 Å². The Morgan fingerprint density at radius 2 is 1.50 bits per heavy atom. The van der Waals surface area contributed by atoms with Gasteiger partial charge in [0, 0.05) is 31.6 Å². The number of anilines is 1. The summed E-state index contributed by atoms with van der Waals surface area (Å²) in [6.45, 7) is 5.99. The highest BCUT2D eigenvalue weighted by atomic mass is 16.6. The number of benzene rings is 1. The zero-order valence-corrected chi connectivity index (χ0v) is 20.7. The fourth-order valence-corrected chi connectivity index (χ4v) is 6.64. The molecule has 4 aliphatic carbocycles. The average molecular weight is 470 g/mol. The molecule has 0 heterocycles. The lowest BCUT2D eigenvalue weighted by Crippen LogP contribution is -2.47. The fraction of sp³-hybridized carbons (Fsp3) is 0.667. The van der Waals surface area contributed by atoms with Crippen LogP contribution in [0.15, 0.2) is 24.3 Å². The molecule has 4 saturated carbocycles. The van der Waals surface area contributed by atoms with Crippen molar-refractivity contribution in [3.63, 3.8) is 0 Å². The highest BCUT2D eigenvalue weighted by Crippen LogP contribution is 2.61. The quantitative estimate of drug-likeness (QED) is 0.511. The second kappa shape index (κ2) is 9.96. The highest BCUT2D eigenvalue weighted by Gasteiger charge is 2.51. The number of rotatable bonds is 8. The van der Waals surface area contributed by atoms with Crippen LogP contribution in [0.1, 0.15) is 77.7 Å². The van der Waals surface area contributed by atoms with Crippen LogP contribution in [0, 0.1) is 23.2 Å². The molecule has 5 rings (SSSR count). The summed E-state index contributed by atoms with van der Waals surface area (Å²) in [4.78, 5) is 36.5. The Kier molecular flexibility index (Phi) is 7.20. The average Bonchev–Trinajstić information content (AvgIpc) is 2.70. The lowest BCUT2D eigenvalue weighted by molar-refractivity contribution is -0.124. The van der Waals surface area contributed by atoms with Crippen LogP contribution in [0.4, 0.5) is 10.5 Å². The third-order valence-electron chi connectivity index (χ3n) is 7.45. The molecule has 3 amide bonds. The van der Waals surface area contributed by atoms with E-state index < -0.39 is 11.7 Å². The molecule has 0 aromatic heterocycles. The van der Waals surface area contributed by atoms with Gasteiger partial charge in [-0.2, -0.15) is 0 Å². The summed E-state index contributed by atoms with van der Waals surface area (Å²) in [5.41, 5.74) is 1.42. The SMILES string of the molecule is CC(C)(C)OC(=O)NCCC(=O)NCc1ccc(NC(=O)CC23CC4CC(CC(C4)C2)C3)cc1. The minimum Gasteiger partial charge on any atom is -0.444 e. The maximum absolute atomic E-state index is 12.8. The summed E-state index contributed by atoms with van der Waals surface area (Å²) < 4.78 is 5.14. The third kappa shape index (κ3) is 6.73. The zero-order valence-electron chi connectivity index (χ0n) is 20.7. The Morgan fingerprint density at radius 1 is 0.912 bits per heavy atom. The predicted octanol–water partition coefficient (Wildman–Crippen LogP) is 4.76. The van der Waals surface area contributed by atoms with Gasteiger partial charge in [0.1, 0.15) is 5.60 Å². The molecule has 0 unspecified atom stereocenters. The van der Waals surface area contributed by atoms with Crippen molar-refractivity contribution in [2.45, 2.75) is 84.3 Å². The molecule has 4 fully saturated rings. The summed E-state index contributed by atoms with van der Waals surface area (Å²) in [7, 11) is 0. The first-order chi connectivity index (χ1) is 16.1. The van der Waals surface area contributed by atoms with E-state index in [0.717, 1.165) is 29.0 Å². The number of carbonyl (C=O) groups excluding carboxylic acids is 3. The molecule has 4 aliphatic rings. The maximum Gasteiger partial charge on any atom is 0.407 e. The van der Waals surface area contributed by atoms with Crippen molar-refractivity contribution in [1.82, 2.24) is 10.6 Å². The van der Waals surface area contributed by atoms with Gasteiger partial charge in [-0.1, -0.05) is 12.1 Å². The van der Waals surface area contributed by atoms with E-state index in [-0.39, 0.29) is 30.2 Å². The van der Waals surface area contributed by atoms with Crippen LogP contribution in [0.25, 0.3) is 0 Å². The number of alkyl carbamates (subject to hydrolysis) is 1. The van der Waals surface area contributed by atoms with Gasteiger partial charge in [-0.05, 0) is 100 Å². The molecule has 1 aromatic carbocycles. The molecule has 186 valence electrons. The van der Waals surface area contributed by atoms with Gasteiger partial charge in [-0.15, -0.1) is 0 Å². The summed E-state index contributed by atoms with van der Waals surface area (Å²) in [6.07, 6.45) is 8.16. The first-order valence-corrected chi connectivity index (χ1v) is 12.7. The number of hydrogen-bond acceptors (Lipinski definition) is 4. The Hall–Kier alpha value is -2.57. The van der Waals surface area contributed by atoms with Gasteiger partial charge in [0.15, 0.2) is 0 Å². The number of ether oxygens (including phenoxy) is 1. The Labute approximate surface area is 202 Å². The van der Waals surface area contributed by atoms with Crippen LogP contribution in [0.2, 0.25) is 0 Å². The summed E-state index contributed by atoms with van der Waals surface area (Å²) in [6, 6.07) is 7.62. The van der Waals surface area contributed by atoms with Gasteiger partial charge >= 0.3 is 6.09 Å². The van der Waals surface area contributed by atoms with E-state index >= 15 is 0 Å². The van der Waals surface area contributed by atoms with E-state index in [1.54, 1.807) is 20.8 Å². The Balaban J connectivity index is 1.16. The predicted molar refractivity (Wildman–Crippen MR) is 131 cm³/mol. The Morgan fingerprint density at radius 3 is 2.06 bits per heavy atom. The van der Waals surface area contributed by atoms with Gasteiger partial charge in [0.2, 0.25) is 11.8 Å². The zero-order chi connectivity index (χ0) is 24.3. The fourth-order valence-electron chi connectivity index (χ4n) is 6.64. The van der Waals surface area contributed by atoms with Crippen LogP contribution in [0.5, 0.6) is 0 Å². The highest BCUT2D eigenvalue weighted by molar-refractivity contribution is 5.91. The van der Waals surface area contributed by atoms with Crippen molar-refractivity contribution >= 4 is 23.6 Å². The normalized spacial score (nSPS) is 27.2. The molecular weight excluding hydrogens is 430 g/mol. The van der Waals surface area contributed by atoms with Crippen molar-refractivity contribution in [1.29, 1.82) is 0 Å². The third-order valence-corrected chi connectivity index (χ3v) is 7.45. The van der Waals surface area contributed by atoms with Crippen LogP contribution < -0.4 is 16.0 Å². The van der Waals surface area contributed by atoms with Crippen LogP contribution in [-0.2, 0) is 20.9 Å². The van der Waals surface area contributed by atoms with E-state index in [1.165, 1.54) is 38.5 Å². The molecule has 0 spiro atoms. The molecule has 34 heavy (non-hydrogen) atoms. The Bertz CT molecular complexity index is 868. The smallest absolute Gasteiger partial charge is 0.407 e. The second-order valence-electron chi connectivity index (χ2n) is 11.8. The summed E-state index contributed by atoms with van der Waals surface area (Å²) >= 11 is 0. The van der Waals surface area contributed by atoms with E-state index in [4.69, 9.17) is 4.74 Å². The molecule has 7 heteroatoms. The number of hydrogen-bond donors (Lipinski definition) is 3. The largest absolute Gasteiger partial charge is 0.444 e. The number of amides is 3. The van der Waals surface area contributed by atoms with Crippen LogP contribution in [0.3, 0.4) is 0 Å². The van der Waals surface area contributed by atoms with E-state index in [9.17, 15) is 14.4 Å². The monoisotopic (exact) mass is 469 g/mol. The molecule has 1 aromatic rings. The van der Waals surface area contributed by atoms with Gasteiger partial charge in [-0.3, -0.25) is 9.59 Å². The molecule has 0 radical (unpaired) electrons. The maximum atomic E-state index is 12.8. The van der Waals surface area contributed by atoms with E-state index in [0.29, 0.717) is 13.0 Å². The minimum atomic E-state index is -0.563. The van der Waals surface area contributed by atoms with Crippen molar-refractivity contribution in [2.75, 3.05) is 11.9 Å². The summed E-state index contributed by atoms with van der Waals surface area (Å²) in [5, 5.41) is 8.51. The molecular formula is C27H39N3O4. The topological polar surface area (TPSA) is 96.5 Å². The van der Waals surface area contributed by atoms with E-state index in [1.807, 2.05) is 24.3 Å². The molecule has 0 aliphatic heterocycles. The van der Waals surface area contributed by atoms with Gasteiger partial charge in [0.05, 0.1) is 0 Å². The van der Waals surface area contributed by atoms with Gasteiger partial charge in [-0.25, -0.2) is 4.79 Å². The van der Waals surface area contributed by atoms with Crippen molar-refractivity contribution in [2.24, 2.45) is 23.2 Å². The minimum absolute atomic E-state index is 0.125. The van der Waals surface area contributed by atoms with Crippen molar-refractivity contribution in [3.05, 3.63) is 29.8 Å². The number of carbonyl (C=O) groups is 3. The molecule has 7 nitrogen and oxygen atoms in total.